The lowest BCUT2D eigenvalue weighted by Crippen LogP contribution is -2.24. The van der Waals surface area contributed by atoms with E-state index in [4.69, 9.17) is 5.11 Å². The van der Waals surface area contributed by atoms with E-state index in [0.717, 1.165) is 5.56 Å². The minimum atomic E-state index is -0.819. The van der Waals surface area contributed by atoms with Gasteiger partial charge >= 0.3 is 0 Å². The average Bonchev–Trinajstić information content (AvgIpc) is 2.63. The van der Waals surface area contributed by atoms with Crippen molar-refractivity contribution < 1.29 is 15.0 Å². The summed E-state index contributed by atoms with van der Waals surface area (Å²) in [5, 5.41) is 21.0. The molecule has 92 valence electrons. The van der Waals surface area contributed by atoms with Crippen LogP contribution in [0.25, 0.3) is 0 Å². The van der Waals surface area contributed by atoms with Crippen molar-refractivity contribution in [3.05, 3.63) is 29.3 Å². The van der Waals surface area contributed by atoms with Gasteiger partial charge in [-0.1, -0.05) is 12.1 Å². The lowest BCUT2D eigenvalue weighted by Gasteiger charge is -2.13. The van der Waals surface area contributed by atoms with Crippen LogP contribution in [0.5, 0.6) is 0 Å². The Morgan fingerprint density at radius 1 is 1.53 bits per heavy atom. The van der Waals surface area contributed by atoms with E-state index in [9.17, 15) is 9.90 Å². The lowest BCUT2D eigenvalue weighted by molar-refractivity contribution is 0.0816. The van der Waals surface area contributed by atoms with Crippen molar-refractivity contribution in [1.29, 1.82) is 0 Å². The number of amides is 1. The lowest BCUT2D eigenvalue weighted by atomic mass is 10.1. The van der Waals surface area contributed by atoms with Gasteiger partial charge in [-0.25, -0.2) is 0 Å². The highest BCUT2D eigenvalue weighted by Crippen LogP contribution is 2.28. The standard InChI is InChI=1S/C12H16N2O3/c1-14-6-8-3-2-4-10(11(8)12(14)17)13-5-9(16)7-15/h2-4,9,13,15-16H,5-7H2,1H3. The van der Waals surface area contributed by atoms with Crippen molar-refractivity contribution >= 4 is 11.6 Å². The molecule has 1 atom stereocenters. The topological polar surface area (TPSA) is 72.8 Å². The molecule has 0 bridgehead atoms. The highest BCUT2D eigenvalue weighted by atomic mass is 16.3. The van der Waals surface area contributed by atoms with Crippen molar-refractivity contribution in [1.82, 2.24) is 4.90 Å². The summed E-state index contributed by atoms with van der Waals surface area (Å²) in [4.78, 5) is 13.6. The molecule has 17 heavy (non-hydrogen) atoms. The maximum Gasteiger partial charge on any atom is 0.256 e. The molecule has 0 saturated heterocycles. The van der Waals surface area contributed by atoms with Crippen LogP contribution in [0.2, 0.25) is 0 Å². The molecule has 5 heteroatoms. The number of rotatable bonds is 4. The summed E-state index contributed by atoms with van der Waals surface area (Å²) in [5.74, 6) is -0.0124. The molecule has 0 fully saturated rings. The molecule has 1 unspecified atom stereocenters. The predicted molar refractivity (Wildman–Crippen MR) is 63.8 cm³/mol. The van der Waals surface area contributed by atoms with Gasteiger partial charge in [0, 0.05) is 25.8 Å². The van der Waals surface area contributed by atoms with Crippen LogP contribution in [-0.2, 0) is 6.54 Å². The van der Waals surface area contributed by atoms with Gasteiger partial charge in [-0.3, -0.25) is 4.79 Å². The first-order valence-corrected chi connectivity index (χ1v) is 5.53. The van der Waals surface area contributed by atoms with Gasteiger partial charge < -0.3 is 20.4 Å². The quantitative estimate of drug-likeness (QED) is 0.690. The van der Waals surface area contributed by atoms with E-state index in [0.29, 0.717) is 17.8 Å². The number of fused-ring (bicyclic) bond motifs is 1. The van der Waals surface area contributed by atoms with Crippen LogP contribution in [0.15, 0.2) is 18.2 Å². The van der Waals surface area contributed by atoms with E-state index < -0.39 is 6.10 Å². The number of benzene rings is 1. The van der Waals surface area contributed by atoms with Crippen LogP contribution in [-0.4, -0.2) is 47.3 Å². The van der Waals surface area contributed by atoms with Crippen LogP contribution >= 0.6 is 0 Å². The summed E-state index contributed by atoms with van der Waals surface area (Å²) in [6.07, 6.45) is -0.819. The van der Waals surface area contributed by atoms with Gasteiger partial charge in [-0.2, -0.15) is 0 Å². The maximum atomic E-state index is 11.9. The molecule has 1 heterocycles. The summed E-state index contributed by atoms with van der Waals surface area (Å²) in [6, 6.07) is 5.60. The van der Waals surface area contributed by atoms with Gasteiger partial charge in [0.2, 0.25) is 0 Å². The van der Waals surface area contributed by atoms with Crippen LogP contribution in [0.4, 0.5) is 5.69 Å². The van der Waals surface area contributed by atoms with E-state index in [-0.39, 0.29) is 19.1 Å². The third-order valence-corrected chi connectivity index (χ3v) is 2.86. The fraction of sp³-hybridized carbons (Fsp3) is 0.417. The normalized spacial score (nSPS) is 15.9. The fourth-order valence-electron chi connectivity index (χ4n) is 1.94. The molecular weight excluding hydrogens is 220 g/mol. The Labute approximate surface area is 99.7 Å². The number of carbonyl (C=O) groups excluding carboxylic acids is 1. The highest BCUT2D eigenvalue weighted by molar-refractivity contribution is 6.03. The van der Waals surface area contributed by atoms with Crippen molar-refractivity contribution in [3.63, 3.8) is 0 Å². The SMILES string of the molecule is CN1Cc2cccc(NCC(O)CO)c2C1=O. The Morgan fingerprint density at radius 2 is 2.29 bits per heavy atom. The van der Waals surface area contributed by atoms with Gasteiger partial charge in [-0.05, 0) is 11.6 Å². The Balaban J connectivity index is 2.20. The molecule has 0 aliphatic carbocycles. The van der Waals surface area contributed by atoms with E-state index in [1.54, 1.807) is 18.0 Å². The number of aliphatic hydroxyl groups excluding tert-OH is 2. The van der Waals surface area contributed by atoms with Gasteiger partial charge in [0.05, 0.1) is 18.3 Å². The van der Waals surface area contributed by atoms with Crippen LogP contribution in [0, 0.1) is 0 Å². The minimum Gasteiger partial charge on any atom is -0.394 e. The van der Waals surface area contributed by atoms with E-state index in [1.807, 2.05) is 12.1 Å². The second-order valence-corrected chi connectivity index (χ2v) is 4.22. The molecule has 1 aromatic carbocycles. The number of hydrogen-bond acceptors (Lipinski definition) is 4. The van der Waals surface area contributed by atoms with E-state index in [2.05, 4.69) is 5.32 Å². The second kappa shape index (κ2) is 4.73. The number of hydrogen-bond donors (Lipinski definition) is 3. The van der Waals surface area contributed by atoms with Crippen LogP contribution < -0.4 is 5.32 Å². The summed E-state index contributed by atoms with van der Waals surface area (Å²) in [6.45, 7) is 0.548. The Hall–Kier alpha value is -1.59. The summed E-state index contributed by atoms with van der Waals surface area (Å²) < 4.78 is 0. The van der Waals surface area contributed by atoms with Gasteiger partial charge in [0.25, 0.3) is 5.91 Å². The van der Waals surface area contributed by atoms with Crippen LogP contribution in [0.3, 0.4) is 0 Å². The number of carbonyl (C=O) groups is 1. The Kier molecular flexibility index (Phi) is 3.31. The predicted octanol–water partition coefficient (Wildman–Crippen LogP) is 0.0373. The molecule has 0 spiro atoms. The summed E-state index contributed by atoms with van der Waals surface area (Å²) in [5.41, 5.74) is 2.37. The van der Waals surface area contributed by atoms with Gasteiger partial charge in [0.1, 0.15) is 0 Å². The highest BCUT2D eigenvalue weighted by Gasteiger charge is 2.26. The van der Waals surface area contributed by atoms with Crippen molar-refractivity contribution in [2.75, 3.05) is 25.5 Å². The zero-order chi connectivity index (χ0) is 12.4. The largest absolute Gasteiger partial charge is 0.394 e. The zero-order valence-electron chi connectivity index (χ0n) is 9.68. The number of nitrogens with one attached hydrogen (secondary N) is 1. The monoisotopic (exact) mass is 236 g/mol. The first-order valence-electron chi connectivity index (χ1n) is 5.53. The summed E-state index contributed by atoms with van der Waals surface area (Å²) in [7, 11) is 1.76. The molecule has 0 radical (unpaired) electrons. The number of anilines is 1. The first kappa shape index (κ1) is 11.9. The zero-order valence-corrected chi connectivity index (χ0v) is 9.68. The maximum absolute atomic E-state index is 11.9. The van der Waals surface area contributed by atoms with Crippen LogP contribution in [0.1, 0.15) is 15.9 Å². The van der Waals surface area contributed by atoms with E-state index >= 15 is 0 Å². The Morgan fingerprint density at radius 3 is 3.00 bits per heavy atom. The average molecular weight is 236 g/mol. The number of nitrogens with zero attached hydrogens (tertiary/aromatic N) is 1. The molecule has 0 aromatic heterocycles. The Bertz CT molecular complexity index is 434. The molecule has 3 N–H and O–H groups in total. The fourth-order valence-corrected chi connectivity index (χ4v) is 1.94. The molecule has 1 aliphatic rings. The van der Waals surface area contributed by atoms with Crippen molar-refractivity contribution in [2.45, 2.75) is 12.6 Å². The molecule has 2 rings (SSSR count). The second-order valence-electron chi connectivity index (χ2n) is 4.22. The third-order valence-electron chi connectivity index (χ3n) is 2.86. The van der Waals surface area contributed by atoms with Gasteiger partial charge in [-0.15, -0.1) is 0 Å². The molecule has 1 aliphatic heterocycles. The minimum absolute atomic E-state index is 0.0124. The first-order chi connectivity index (χ1) is 8.13. The number of aliphatic hydroxyl groups is 2. The molecular formula is C12H16N2O3. The molecule has 1 amide bonds. The van der Waals surface area contributed by atoms with E-state index in [1.165, 1.54) is 0 Å². The van der Waals surface area contributed by atoms with Gasteiger partial charge in [0.15, 0.2) is 0 Å². The summed E-state index contributed by atoms with van der Waals surface area (Å²) >= 11 is 0. The molecule has 1 aromatic rings. The molecule has 0 saturated carbocycles. The van der Waals surface area contributed by atoms with Crippen molar-refractivity contribution in [2.24, 2.45) is 0 Å². The molecule has 5 nitrogen and oxygen atoms in total. The smallest absolute Gasteiger partial charge is 0.256 e. The van der Waals surface area contributed by atoms with Crippen molar-refractivity contribution in [3.8, 4) is 0 Å². The third kappa shape index (κ3) is 2.25.